The molecule has 40 heavy (non-hydrogen) atoms. The lowest BCUT2D eigenvalue weighted by atomic mass is 9.83. The third-order valence-corrected chi connectivity index (χ3v) is 6.63. The van der Waals surface area contributed by atoms with Gasteiger partial charge in [0.2, 0.25) is 18.0 Å². The van der Waals surface area contributed by atoms with Crippen molar-refractivity contribution in [2.45, 2.75) is 44.2 Å². The molecule has 1 aliphatic rings. The molecule has 0 saturated heterocycles. The Morgan fingerprint density at radius 2 is 1.57 bits per heavy atom. The fraction of sp³-hybridized carbons (Fsp3) is 0.385. The number of anilines is 1. The summed E-state index contributed by atoms with van der Waals surface area (Å²) in [6, 6.07) is 13.1. The van der Waals surface area contributed by atoms with Crippen molar-refractivity contribution in [3.63, 3.8) is 0 Å². The minimum absolute atomic E-state index is 0.241. The minimum Gasteiger partial charge on any atom is -0.369 e. The molecule has 7 nitrogen and oxygen atoms in total. The van der Waals surface area contributed by atoms with E-state index in [1.54, 1.807) is 42.5 Å². The van der Waals surface area contributed by atoms with Gasteiger partial charge in [0.15, 0.2) is 0 Å². The van der Waals surface area contributed by atoms with Gasteiger partial charge in [-0.05, 0) is 31.0 Å². The van der Waals surface area contributed by atoms with Crippen LogP contribution in [0.25, 0.3) is 0 Å². The number of aliphatic imine (C=N–C) groups is 1. The molecule has 3 rings (SSSR count). The number of nitrogens with two attached hydrogens (primary N) is 1. The first-order valence-electron chi connectivity index (χ1n) is 12.0. The second-order valence-electron chi connectivity index (χ2n) is 9.24. The minimum atomic E-state index is -4.78. The van der Waals surface area contributed by atoms with Gasteiger partial charge in [-0.25, -0.2) is 4.99 Å². The van der Waals surface area contributed by atoms with Gasteiger partial charge in [0.1, 0.15) is 0 Å². The van der Waals surface area contributed by atoms with Gasteiger partial charge in [-0.2, -0.15) is 26.3 Å². The number of carbonyl (C=O) groups excluding carboxylic acids is 3. The Balaban J connectivity index is 2.03. The number of benzene rings is 2. The molecule has 2 aromatic carbocycles. The fourth-order valence-corrected chi connectivity index (χ4v) is 4.56. The van der Waals surface area contributed by atoms with Crippen LogP contribution >= 0.6 is 11.6 Å². The number of nitrogens with zero attached hydrogens (tertiary/aromatic N) is 2. The number of carbonyl (C=O) groups is 3. The highest BCUT2D eigenvalue weighted by Crippen LogP contribution is 2.34. The van der Waals surface area contributed by atoms with E-state index in [1.165, 1.54) is 13.1 Å². The molecule has 2 aromatic rings. The summed E-state index contributed by atoms with van der Waals surface area (Å²) in [5, 5.41) is 2.54. The lowest BCUT2D eigenvalue weighted by Crippen LogP contribution is -2.50. The molecule has 0 radical (unpaired) electrons. The van der Waals surface area contributed by atoms with Gasteiger partial charge >= 0.3 is 12.4 Å². The number of rotatable bonds is 9. The molecule has 0 unspecified atom stereocenters. The van der Waals surface area contributed by atoms with Gasteiger partial charge in [-0.1, -0.05) is 41.9 Å². The van der Waals surface area contributed by atoms with Crippen LogP contribution in [0.4, 0.5) is 32.0 Å². The zero-order chi connectivity index (χ0) is 29.8. The average molecular weight is 591 g/mol. The van der Waals surface area contributed by atoms with E-state index in [2.05, 4.69) is 10.3 Å². The summed E-state index contributed by atoms with van der Waals surface area (Å²) in [7, 11) is 1.37. The Morgan fingerprint density at radius 3 is 2.12 bits per heavy atom. The number of nitrogens with one attached hydrogen (secondary N) is 1. The lowest BCUT2D eigenvalue weighted by Gasteiger charge is -2.27. The highest BCUT2D eigenvalue weighted by atomic mass is 35.5. The zero-order valence-electron chi connectivity index (χ0n) is 21.0. The van der Waals surface area contributed by atoms with Crippen molar-refractivity contribution in [2.24, 2.45) is 22.6 Å². The quantitative estimate of drug-likeness (QED) is 0.402. The van der Waals surface area contributed by atoms with Crippen LogP contribution in [0.3, 0.4) is 0 Å². The first-order chi connectivity index (χ1) is 18.6. The van der Waals surface area contributed by atoms with Gasteiger partial charge in [0, 0.05) is 47.9 Å². The topological polar surface area (TPSA) is 105 Å². The molecule has 3 N–H and O–H groups in total. The van der Waals surface area contributed by atoms with Crippen molar-refractivity contribution in [3.05, 3.63) is 64.7 Å². The van der Waals surface area contributed by atoms with E-state index >= 15 is 0 Å². The summed E-state index contributed by atoms with van der Waals surface area (Å²) in [5.41, 5.74) is 6.79. The maximum absolute atomic E-state index is 13.4. The van der Waals surface area contributed by atoms with Crippen molar-refractivity contribution in [1.82, 2.24) is 5.32 Å². The summed E-state index contributed by atoms with van der Waals surface area (Å²) < 4.78 is 77.8. The van der Waals surface area contributed by atoms with Crippen molar-refractivity contribution in [1.29, 1.82) is 0 Å². The predicted molar refractivity (Wildman–Crippen MR) is 136 cm³/mol. The molecule has 0 aromatic heterocycles. The molecule has 14 heteroatoms. The van der Waals surface area contributed by atoms with E-state index in [1.807, 2.05) is 0 Å². The number of benzodiazepines with no additional fused rings is 1. The lowest BCUT2D eigenvalue weighted by molar-refractivity contribution is -0.152. The highest BCUT2D eigenvalue weighted by Gasteiger charge is 2.41. The van der Waals surface area contributed by atoms with Crippen LogP contribution < -0.4 is 16.0 Å². The number of amides is 3. The summed E-state index contributed by atoms with van der Waals surface area (Å²) >= 11 is 6.13. The summed E-state index contributed by atoms with van der Waals surface area (Å²) in [6.07, 6.45) is -16.4. The van der Waals surface area contributed by atoms with Gasteiger partial charge in [-0.3, -0.25) is 14.4 Å². The highest BCUT2D eigenvalue weighted by molar-refractivity contribution is 6.31. The Hall–Kier alpha value is -3.61. The van der Waals surface area contributed by atoms with Gasteiger partial charge in [0.25, 0.3) is 5.91 Å². The number of alkyl halides is 6. The monoisotopic (exact) mass is 590 g/mol. The fourth-order valence-electron chi connectivity index (χ4n) is 4.40. The van der Waals surface area contributed by atoms with E-state index < -0.39 is 73.8 Å². The van der Waals surface area contributed by atoms with E-state index in [4.69, 9.17) is 17.3 Å². The first kappa shape index (κ1) is 30.9. The molecule has 1 heterocycles. The van der Waals surface area contributed by atoms with Crippen LogP contribution in [-0.4, -0.2) is 49.0 Å². The Kier molecular flexibility index (Phi) is 9.49. The molecule has 0 bridgehead atoms. The molecule has 3 amide bonds. The molecule has 0 fully saturated rings. The Bertz CT molecular complexity index is 1280. The molecular formula is C26H25ClF6N4O3. The maximum Gasteiger partial charge on any atom is 0.389 e. The van der Waals surface area contributed by atoms with Crippen molar-refractivity contribution < 1.29 is 40.7 Å². The first-order valence-corrected chi connectivity index (χ1v) is 12.4. The molecule has 1 aliphatic heterocycles. The van der Waals surface area contributed by atoms with E-state index in [9.17, 15) is 40.7 Å². The van der Waals surface area contributed by atoms with Crippen LogP contribution in [0.15, 0.2) is 53.5 Å². The zero-order valence-corrected chi connectivity index (χ0v) is 21.8. The maximum atomic E-state index is 13.4. The predicted octanol–water partition coefficient (Wildman–Crippen LogP) is 5.00. The molecule has 0 spiro atoms. The normalized spacial score (nSPS) is 17.4. The molecule has 3 atom stereocenters. The number of primary amides is 1. The Labute approximate surface area is 230 Å². The van der Waals surface area contributed by atoms with Gasteiger partial charge in [0.05, 0.1) is 11.4 Å². The third-order valence-electron chi connectivity index (χ3n) is 6.39. The van der Waals surface area contributed by atoms with Crippen LogP contribution in [0.1, 0.15) is 36.8 Å². The molecule has 0 aliphatic carbocycles. The van der Waals surface area contributed by atoms with Crippen molar-refractivity contribution in [2.75, 3.05) is 11.9 Å². The third kappa shape index (κ3) is 7.96. The van der Waals surface area contributed by atoms with Crippen molar-refractivity contribution >= 4 is 40.7 Å². The van der Waals surface area contributed by atoms with Gasteiger partial charge < -0.3 is 16.0 Å². The SMILES string of the molecule is CN1C(=O)[C@@H](NC(=O)[C@H](CCC(F)(F)F)[C@H](CCC(F)(F)F)C(N)=O)N=C(c2ccccc2)c2ccc(Cl)cc21. The molecule has 216 valence electrons. The van der Waals surface area contributed by atoms with Crippen molar-refractivity contribution in [3.8, 4) is 0 Å². The smallest absolute Gasteiger partial charge is 0.369 e. The van der Waals surface area contributed by atoms with E-state index in [0.29, 0.717) is 16.8 Å². The van der Waals surface area contributed by atoms with Crippen LogP contribution in [0.2, 0.25) is 5.02 Å². The van der Waals surface area contributed by atoms with E-state index in [-0.39, 0.29) is 10.7 Å². The van der Waals surface area contributed by atoms with Crippen LogP contribution in [0.5, 0.6) is 0 Å². The number of hydrogen-bond acceptors (Lipinski definition) is 4. The van der Waals surface area contributed by atoms with Gasteiger partial charge in [-0.15, -0.1) is 0 Å². The number of hydrogen-bond donors (Lipinski definition) is 2. The number of fused-ring (bicyclic) bond motifs is 1. The van der Waals surface area contributed by atoms with E-state index in [0.717, 1.165) is 4.90 Å². The second kappa shape index (κ2) is 12.3. The summed E-state index contributed by atoms with van der Waals surface area (Å²) in [4.78, 5) is 44.3. The average Bonchev–Trinajstić information content (AvgIpc) is 2.95. The second-order valence-corrected chi connectivity index (χ2v) is 9.67. The largest absolute Gasteiger partial charge is 0.389 e. The molecular weight excluding hydrogens is 566 g/mol. The summed E-state index contributed by atoms with van der Waals surface area (Å²) in [5.74, 6) is -7.22. The van der Waals surface area contributed by atoms with Crippen LogP contribution in [-0.2, 0) is 14.4 Å². The summed E-state index contributed by atoms with van der Waals surface area (Å²) in [6.45, 7) is 0. The standard InChI is InChI=1S/C26H25ClF6N4O3/c1-37-19-13-15(27)7-8-18(19)20(14-5-3-2-4-6-14)35-22(24(37)40)36-23(39)17(10-12-26(31,32)33)16(21(34)38)9-11-25(28,29)30/h2-8,13,16-17,22H,9-12H2,1H3,(H2,34,38)(H,36,39)/t16-,17+,22+/m0/s1. The number of likely N-dealkylation sites (N-methyl/N-ethyl adjacent to an activating group) is 1. The Morgan fingerprint density at radius 1 is 1.00 bits per heavy atom. The molecule has 0 saturated carbocycles. The van der Waals surface area contributed by atoms with Crippen LogP contribution in [0, 0.1) is 11.8 Å². The number of halogens is 7.